The van der Waals surface area contributed by atoms with Crippen LogP contribution in [0, 0.1) is 11.6 Å². The molecule has 0 saturated heterocycles. The van der Waals surface area contributed by atoms with Crippen molar-refractivity contribution in [2.24, 2.45) is 0 Å². The van der Waals surface area contributed by atoms with E-state index in [2.05, 4.69) is 47.8 Å². The number of alkyl halides is 1. The minimum atomic E-state index is -0.449. The minimum absolute atomic E-state index is 0.0595. The summed E-state index contributed by atoms with van der Waals surface area (Å²) >= 11 is 9.29. The van der Waals surface area contributed by atoms with Gasteiger partial charge in [0.25, 0.3) is 0 Å². The van der Waals surface area contributed by atoms with Gasteiger partial charge in [-0.25, -0.2) is 8.78 Å². The molecule has 0 aliphatic carbocycles. The Balaban J connectivity index is 0.000000543. The Kier molecular flexibility index (Phi) is 20.8. The first-order valence-electron chi connectivity index (χ1n) is 11.0. The predicted molar refractivity (Wildman–Crippen MR) is 143 cm³/mol. The molecule has 0 radical (unpaired) electrons. The van der Waals surface area contributed by atoms with Gasteiger partial charge in [-0.15, -0.1) is 0 Å². The van der Waals surface area contributed by atoms with Crippen molar-refractivity contribution in [3.63, 3.8) is 0 Å². The van der Waals surface area contributed by atoms with Crippen LogP contribution in [0.25, 0.3) is 0 Å². The molecule has 0 saturated carbocycles. The third kappa shape index (κ3) is 16.5. The highest BCUT2D eigenvalue weighted by atomic mass is 79.9. The van der Waals surface area contributed by atoms with Crippen LogP contribution in [-0.4, -0.2) is 56.1 Å². The second kappa shape index (κ2) is 21.3. The summed E-state index contributed by atoms with van der Waals surface area (Å²) in [5, 5.41) is 9.42. The van der Waals surface area contributed by atoms with Gasteiger partial charge in [0.1, 0.15) is 29.7 Å². The van der Waals surface area contributed by atoms with Gasteiger partial charge < -0.3 is 28.8 Å². The Hall–Kier alpha value is -0.820. The molecule has 0 aliphatic rings. The second-order valence-electron chi connectivity index (χ2n) is 6.32. The van der Waals surface area contributed by atoms with Crippen molar-refractivity contribution in [3.8, 4) is 11.5 Å². The Morgan fingerprint density at radius 2 is 1.20 bits per heavy atom. The lowest BCUT2D eigenvalue weighted by Crippen LogP contribution is -2.25. The Labute approximate surface area is 231 Å². The summed E-state index contributed by atoms with van der Waals surface area (Å²) in [7, 11) is 0. The maximum atomic E-state index is 13.2. The van der Waals surface area contributed by atoms with E-state index in [4.69, 9.17) is 28.8 Å². The third-order valence-corrected chi connectivity index (χ3v) is 5.53. The number of benzene rings is 2. The molecule has 0 unspecified atom stereocenters. The van der Waals surface area contributed by atoms with Crippen LogP contribution in [0.3, 0.4) is 0 Å². The van der Waals surface area contributed by atoms with Crippen LogP contribution in [0.1, 0.15) is 27.7 Å². The largest absolute Gasteiger partial charge is 0.508 e. The minimum Gasteiger partial charge on any atom is -0.508 e. The molecule has 35 heavy (non-hydrogen) atoms. The number of phenolic OH excluding ortho intramolecular Hbond substituents is 1. The van der Waals surface area contributed by atoms with Crippen molar-refractivity contribution in [3.05, 3.63) is 57.0 Å². The number of hydrogen-bond acceptors (Lipinski definition) is 6. The first-order chi connectivity index (χ1) is 16.7. The number of hydrogen-bond donors (Lipinski definition) is 1. The highest BCUT2D eigenvalue weighted by Crippen LogP contribution is 2.21. The van der Waals surface area contributed by atoms with E-state index in [1.807, 2.05) is 27.7 Å². The summed E-state index contributed by atoms with van der Waals surface area (Å²) in [4.78, 5) is 0. The van der Waals surface area contributed by atoms with E-state index in [9.17, 15) is 8.78 Å². The van der Waals surface area contributed by atoms with Gasteiger partial charge >= 0.3 is 0 Å². The molecule has 0 spiro atoms. The number of ether oxygens (including phenoxy) is 5. The molecule has 2 rings (SSSR count). The molecule has 0 aliphatic heterocycles. The molecule has 0 fully saturated rings. The quantitative estimate of drug-likeness (QED) is 0.184. The lowest BCUT2D eigenvalue weighted by Gasteiger charge is -2.17. The van der Waals surface area contributed by atoms with E-state index in [0.29, 0.717) is 41.1 Å². The molecule has 0 heterocycles. The van der Waals surface area contributed by atoms with E-state index < -0.39 is 12.1 Å². The standard InChI is InChI=1S/C12H16BrFO3.C6H4BrFO.C6H13BrO2/c1-3-15-12(16-4-2)8-17-9-5-6-10(13)11(14)7-9;7-5-2-1-4(9)3-6(5)8;1-3-8-6(5-7)9-4-2/h5-7,12H,3-4,8H2,1-2H3;1-3,9H;6H,3-5H2,1-2H3. The molecule has 0 aromatic heterocycles. The van der Waals surface area contributed by atoms with Gasteiger partial charge in [-0.3, -0.25) is 0 Å². The van der Waals surface area contributed by atoms with Gasteiger partial charge in [-0.1, -0.05) is 15.9 Å². The van der Waals surface area contributed by atoms with Crippen LogP contribution in [-0.2, 0) is 18.9 Å². The average molecular weight is 695 g/mol. The number of phenols is 1. The zero-order valence-corrected chi connectivity index (χ0v) is 25.0. The van der Waals surface area contributed by atoms with Gasteiger partial charge in [0, 0.05) is 38.6 Å². The monoisotopic (exact) mass is 692 g/mol. The molecular weight excluding hydrogens is 662 g/mol. The van der Waals surface area contributed by atoms with Gasteiger partial charge in [0.15, 0.2) is 12.6 Å². The smallest absolute Gasteiger partial charge is 0.191 e. The molecule has 1 N–H and O–H groups in total. The average Bonchev–Trinajstić information content (AvgIpc) is 2.83. The van der Waals surface area contributed by atoms with E-state index in [-0.39, 0.29) is 24.5 Å². The fraction of sp³-hybridized carbons (Fsp3) is 0.500. The molecule has 0 atom stereocenters. The van der Waals surface area contributed by atoms with E-state index >= 15 is 0 Å². The van der Waals surface area contributed by atoms with Gasteiger partial charge in [0.2, 0.25) is 0 Å². The molecule has 0 bridgehead atoms. The lowest BCUT2D eigenvalue weighted by molar-refractivity contribution is -0.152. The van der Waals surface area contributed by atoms with Gasteiger partial charge in [0.05, 0.1) is 14.3 Å². The lowest BCUT2D eigenvalue weighted by atomic mass is 10.3. The molecule has 11 heteroatoms. The van der Waals surface area contributed by atoms with Crippen molar-refractivity contribution < 1.29 is 37.6 Å². The first-order valence-corrected chi connectivity index (χ1v) is 13.7. The number of aromatic hydroxyl groups is 1. The summed E-state index contributed by atoms with van der Waals surface area (Å²) in [6, 6.07) is 8.50. The summed E-state index contributed by atoms with van der Waals surface area (Å²) in [5.74, 6) is -0.410. The second-order valence-corrected chi connectivity index (χ2v) is 8.68. The van der Waals surface area contributed by atoms with E-state index in [1.54, 1.807) is 12.1 Å². The molecule has 0 amide bonds. The van der Waals surface area contributed by atoms with Crippen molar-refractivity contribution in [1.29, 1.82) is 0 Å². The van der Waals surface area contributed by atoms with Crippen molar-refractivity contribution >= 4 is 47.8 Å². The predicted octanol–water partition coefficient (Wildman–Crippen LogP) is 7.44. The van der Waals surface area contributed by atoms with Crippen LogP contribution >= 0.6 is 47.8 Å². The summed E-state index contributed by atoms with van der Waals surface area (Å²) in [6.45, 7) is 10.4. The molecule has 2 aromatic carbocycles. The van der Waals surface area contributed by atoms with E-state index in [0.717, 1.165) is 11.4 Å². The highest BCUT2D eigenvalue weighted by Gasteiger charge is 2.09. The van der Waals surface area contributed by atoms with Crippen molar-refractivity contribution in [2.75, 3.05) is 38.4 Å². The molecular formula is C24H33Br3F2O6. The summed E-state index contributed by atoms with van der Waals surface area (Å²) in [6.07, 6.45) is -0.489. The van der Waals surface area contributed by atoms with Crippen LogP contribution in [0.15, 0.2) is 45.3 Å². The number of halogens is 5. The Morgan fingerprint density at radius 1 is 0.743 bits per heavy atom. The fourth-order valence-corrected chi connectivity index (χ4v) is 3.11. The topological polar surface area (TPSA) is 66.4 Å². The first kappa shape index (κ1) is 34.2. The zero-order valence-electron chi connectivity index (χ0n) is 20.2. The van der Waals surface area contributed by atoms with Crippen LogP contribution < -0.4 is 4.74 Å². The third-order valence-electron chi connectivity index (χ3n) is 3.72. The fourth-order valence-electron chi connectivity index (χ4n) is 2.24. The molecule has 200 valence electrons. The van der Waals surface area contributed by atoms with Crippen LogP contribution in [0.5, 0.6) is 11.5 Å². The van der Waals surface area contributed by atoms with Crippen molar-refractivity contribution in [1.82, 2.24) is 0 Å². The van der Waals surface area contributed by atoms with Crippen molar-refractivity contribution in [2.45, 2.75) is 40.3 Å². The Morgan fingerprint density at radius 3 is 1.60 bits per heavy atom. The Bertz CT molecular complexity index is 805. The van der Waals surface area contributed by atoms with Crippen LogP contribution in [0.4, 0.5) is 8.78 Å². The molecule has 6 nitrogen and oxygen atoms in total. The zero-order chi connectivity index (χ0) is 26.6. The normalized spacial score (nSPS) is 10.5. The maximum Gasteiger partial charge on any atom is 0.191 e. The molecule has 2 aromatic rings. The van der Waals surface area contributed by atoms with Gasteiger partial charge in [-0.05, 0) is 83.8 Å². The highest BCUT2D eigenvalue weighted by molar-refractivity contribution is 9.10. The number of rotatable bonds is 12. The maximum absolute atomic E-state index is 13.2. The summed E-state index contributed by atoms with van der Waals surface area (Å²) in [5.41, 5.74) is 0. The summed E-state index contributed by atoms with van der Waals surface area (Å²) < 4.78 is 52.7. The van der Waals surface area contributed by atoms with Gasteiger partial charge in [-0.2, -0.15) is 0 Å². The SMILES string of the molecule is CCOC(CBr)OCC.CCOC(COc1ccc(Br)c(F)c1)OCC.Oc1ccc(Br)c(F)c1. The van der Waals surface area contributed by atoms with E-state index in [1.165, 1.54) is 18.2 Å². The van der Waals surface area contributed by atoms with Crippen LogP contribution in [0.2, 0.25) is 0 Å².